The van der Waals surface area contributed by atoms with Crippen LogP contribution in [0.1, 0.15) is 5.56 Å². The third-order valence-corrected chi connectivity index (χ3v) is 6.17. The van der Waals surface area contributed by atoms with E-state index in [2.05, 4.69) is 14.7 Å². The van der Waals surface area contributed by atoms with Crippen molar-refractivity contribution in [3.8, 4) is 11.1 Å². The molecule has 4 aromatic rings. The standard InChI is InChI=1S/C21H15F3N4O2S/c1-11-2-4-14(22)9-18(11)31(29,30)28-17-7-5-15(23)19(20(17)24)12-3-6-16-13(8-12)10-26-21(25)27-16/h2-10,28H,1H3,(H2,25,26,27). The minimum absolute atomic E-state index is 0.0571. The largest absolute Gasteiger partial charge is 0.368 e. The van der Waals surface area contributed by atoms with Crippen molar-refractivity contribution in [1.29, 1.82) is 0 Å². The van der Waals surface area contributed by atoms with Crippen molar-refractivity contribution in [2.24, 2.45) is 0 Å². The van der Waals surface area contributed by atoms with Crippen LogP contribution in [0.2, 0.25) is 0 Å². The number of hydrogen-bond acceptors (Lipinski definition) is 5. The first-order chi connectivity index (χ1) is 14.7. The first-order valence-electron chi connectivity index (χ1n) is 8.95. The van der Waals surface area contributed by atoms with Crippen LogP contribution >= 0.6 is 0 Å². The normalized spacial score (nSPS) is 11.6. The quantitative estimate of drug-likeness (QED) is 0.486. The fourth-order valence-electron chi connectivity index (χ4n) is 3.16. The van der Waals surface area contributed by atoms with Crippen molar-refractivity contribution in [1.82, 2.24) is 9.97 Å². The molecule has 0 saturated heterocycles. The molecule has 6 nitrogen and oxygen atoms in total. The Kier molecular flexibility index (Phi) is 5.02. The van der Waals surface area contributed by atoms with Gasteiger partial charge in [0.05, 0.1) is 21.7 Å². The number of aromatic nitrogens is 2. The van der Waals surface area contributed by atoms with Crippen LogP contribution in [0.25, 0.3) is 22.0 Å². The molecular weight excluding hydrogens is 429 g/mol. The molecule has 0 radical (unpaired) electrons. The van der Waals surface area contributed by atoms with Crippen molar-refractivity contribution in [3.05, 3.63) is 77.7 Å². The van der Waals surface area contributed by atoms with E-state index < -0.39 is 38.7 Å². The van der Waals surface area contributed by atoms with Crippen LogP contribution in [0, 0.1) is 24.4 Å². The van der Waals surface area contributed by atoms with E-state index in [1.54, 1.807) is 0 Å². The Morgan fingerprint density at radius 2 is 1.77 bits per heavy atom. The fraction of sp³-hybridized carbons (Fsp3) is 0.0476. The Morgan fingerprint density at radius 1 is 1.00 bits per heavy atom. The molecule has 0 bridgehead atoms. The number of nitrogen functional groups attached to an aromatic ring is 1. The number of sulfonamides is 1. The highest BCUT2D eigenvalue weighted by Crippen LogP contribution is 2.33. The molecule has 158 valence electrons. The van der Waals surface area contributed by atoms with E-state index in [4.69, 9.17) is 5.73 Å². The van der Waals surface area contributed by atoms with Gasteiger partial charge in [-0.25, -0.2) is 31.6 Å². The molecule has 0 aliphatic rings. The van der Waals surface area contributed by atoms with Crippen molar-refractivity contribution in [3.63, 3.8) is 0 Å². The van der Waals surface area contributed by atoms with E-state index >= 15 is 4.39 Å². The van der Waals surface area contributed by atoms with Gasteiger partial charge in [-0.15, -0.1) is 0 Å². The highest BCUT2D eigenvalue weighted by atomic mass is 32.2. The smallest absolute Gasteiger partial charge is 0.262 e. The number of rotatable bonds is 4. The second-order valence-corrected chi connectivity index (χ2v) is 8.45. The van der Waals surface area contributed by atoms with E-state index in [0.717, 1.165) is 24.3 Å². The SMILES string of the molecule is Cc1ccc(F)cc1S(=O)(=O)Nc1ccc(F)c(-c2ccc3nc(N)ncc3c2)c1F. The Morgan fingerprint density at radius 3 is 2.55 bits per heavy atom. The highest BCUT2D eigenvalue weighted by Gasteiger charge is 2.23. The molecular formula is C21H15F3N4O2S. The van der Waals surface area contributed by atoms with Gasteiger partial charge in [0, 0.05) is 11.6 Å². The molecule has 0 aliphatic heterocycles. The number of aryl methyl sites for hydroxylation is 1. The average Bonchev–Trinajstić information content (AvgIpc) is 2.72. The zero-order valence-electron chi connectivity index (χ0n) is 16.0. The number of fused-ring (bicyclic) bond motifs is 1. The topological polar surface area (TPSA) is 98.0 Å². The van der Waals surface area contributed by atoms with Gasteiger partial charge in [0.2, 0.25) is 5.95 Å². The first-order valence-corrected chi connectivity index (χ1v) is 10.4. The number of nitrogens with zero attached hydrogens (tertiary/aromatic N) is 2. The monoisotopic (exact) mass is 444 g/mol. The van der Waals surface area contributed by atoms with Crippen LogP contribution in [0.3, 0.4) is 0 Å². The molecule has 4 rings (SSSR count). The third kappa shape index (κ3) is 3.89. The van der Waals surface area contributed by atoms with Gasteiger partial charge < -0.3 is 5.73 Å². The molecule has 0 aliphatic carbocycles. The molecule has 10 heteroatoms. The number of benzene rings is 3. The summed E-state index contributed by atoms with van der Waals surface area (Å²) in [6, 6.07) is 9.56. The Hall–Kier alpha value is -3.66. The third-order valence-electron chi connectivity index (χ3n) is 4.66. The van der Waals surface area contributed by atoms with E-state index in [1.807, 2.05) is 0 Å². The van der Waals surface area contributed by atoms with Gasteiger partial charge in [-0.1, -0.05) is 12.1 Å². The molecule has 1 heterocycles. The number of nitrogens with one attached hydrogen (secondary N) is 1. The van der Waals surface area contributed by atoms with Crippen molar-refractivity contribution >= 4 is 32.6 Å². The Labute approximate surface area is 175 Å². The highest BCUT2D eigenvalue weighted by molar-refractivity contribution is 7.92. The predicted molar refractivity (Wildman–Crippen MR) is 111 cm³/mol. The number of anilines is 2. The molecule has 0 amide bonds. The maximum atomic E-state index is 15.2. The summed E-state index contributed by atoms with van der Waals surface area (Å²) in [4.78, 5) is 7.54. The maximum absolute atomic E-state index is 15.2. The molecule has 0 fully saturated rings. The number of hydrogen-bond donors (Lipinski definition) is 2. The molecule has 0 unspecified atom stereocenters. The lowest BCUT2D eigenvalue weighted by molar-refractivity contribution is 0.586. The molecule has 0 atom stereocenters. The van der Waals surface area contributed by atoms with E-state index in [1.165, 1.54) is 37.4 Å². The second-order valence-electron chi connectivity index (χ2n) is 6.80. The maximum Gasteiger partial charge on any atom is 0.262 e. The minimum atomic E-state index is -4.33. The van der Waals surface area contributed by atoms with Crippen molar-refractivity contribution < 1.29 is 21.6 Å². The van der Waals surface area contributed by atoms with Crippen LogP contribution in [0.15, 0.2) is 59.6 Å². The summed E-state index contributed by atoms with van der Waals surface area (Å²) in [6.45, 7) is 1.48. The van der Waals surface area contributed by atoms with E-state index in [9.17, 15) is 17.2 Å². The zero-order valence-corrected chi connectivity index (χ0v) is 16.8. The fourth-order valence-corrected chi connectivity index (χ4v) is 4.48. The van der Waals surface area contributed by atoms with Crippen molar-refractivity contribution in [2.75, 3.05) is 10.5 Å². The minimum Gasteiger partial charge on any atom is -0.368 e. The summed E-state index contributed by atoms with van der Waals surface area (Å²) in [7, 11) is -4.33. The molecule has 1 aromatic heterocycles. The van der Waals surface area contributed by atoms with E-state index in [0.29, 0.717) is 10.9 Å². The molecule has 0 spiro atoms. The second kappa shape index (κ2) is 7.55. The Bertz CT molecular complexity index is 1440. The molecule has 31 heavy (non-hydrogen) atoms. The van der Waals surface area contributed by atoms with Crippen LogP contribution in [0.5, 0.6) is 0 Å². The van der Waals surface area contributed by atoms with Gasteiger partial charge in [0.1, 0.15) is 11.6 Å². The van der Waals surface area contributed by atoms with Gasteiger partial charge in [-0.2, -0.15) is 0 Å². The van der Waals surface area contributed by atoms with Crippen molar-refractivity contribution in [2.45, 2.75) is 11.8 Å². The van der Waals surface area contributed by atoms with Crippen LogP contribution in [-0.2, 0) is 10.0 Å². The van der Waals surface area contributed by atoms with Crippen LogP contribution in [-0.4, -0.2) is 18.4 Å². The Balaban J connectivity index is 1.80. The van der Waals surface area contributed by atoms with Crippen LogP contribution < -0.4 is 10.5 Å². The van der Waals surface area contributed by atoms with Gasteiger partial charge in [-0.3, -0.25) is 4.72 Å². The van der Waals surface area contributed by atoms with Gasteiger partial charge in [-0.05, 0) is 54.4 Å². The zero-order chi connectivity index (χ0) is 22.3. The average molecular weight is 444 g/mol. The van der Waals surface area contributed by atoms with Gasteiger partial charge >= 0.3 is 0 Å². The van der Waals surface area contributed by atoms with E-state index in [-0.39, 0.29) is 22.0 Å². The lowest BCUT2D eigenvalue weighted by atomic mass is 10.0. The summed E-state index contributed by atoms with van der Waals surface area (Å²) in [6.07, 6.45) is 1.41. The van der Waals surface area contributed by atoms with Gasteiger partial charge in [0.25, 0.3) is 10.0 Å². The number of nitrogens with two attached hydrogens (primary N) is 1. The summed E-state index contributed by atoms with van der Waals surface area (Å²) in [5.74, 6) is -2.71. The number of halogens is 3. The lowest BCUT2D eigenvalue weighted by Crippen LogP contribution is -2.16. The van der Waals surface area contributed by atoms with Gasteiger partial charge in [0.15, 0.2) is 5.82 Å². The molecule has 0 saturated carbocycles. The summed E-state index contributed by atoms with van der Waals surface area (Å²) in [5.41, 5.74) is 5.53. The molecule has 3 N–H and O–H groups in total. The molecule has 3 aromatic carbocycles. The summed E-state index contributed by atoms with van der Waals surface area (Å²) in [5, 5.41) is 0.492. The van der Waals surface area contributed by atoms with Crippen LogP contribution in [0.4, 0.5) is 24.8 Å². The lowest BCUT2D eigenvalue weighted by Gasteiger charge is -2.14. The summed E-state index contributed by atoms with van der Waals surface area (Å²) >= 11 is 0. The summed E-state index contributed by atoms with van der Waals surface area (Å²) < 4.78 is 70.8. The first kappa shape index (κ1) is 20.6. The predicted octanol–water partition coefficient (Wildman–Crippen LogP) is 4.41.